The minimum Gasteiger partial charge on any atom is -0.497 e. The summed E-state index contributed by atoms with van der Waals surface area (Å²) in [7, 11) is 1.56. The number of esters is 1. The van der Waals surface area contributed by atoms with E-state index in [-0.39, 0.29) is 19.0 Å². The normalized spacial score (nSPS) is 24.6. The van der Waals surface area contributed by atoms with Gasteiger partial charge in [0.15, 0.2) is 0 Å². The number of amides is 3. The van der Waals surface area contributed by atoms with Crippen LogP contribution < -0.4 is 4.74 Å². The van der Waals surface area contributed by atoms with Crippen LogP contribution >= 0.6 is 22.6 Å². The van der Waals surface area contributed by atoms with E-state index in [1.165, 1.54) is 17.9 Å². The van der Waals surface area contributed by atoms with Crippen LogP contribution in [0.5, 0.6) is 5.75 Å². The Balaban J connectivity index is 1.87. The van der Waals surface area contributed by atoms with Gasteiger partial charge in [-0.1, -0.05) is 71.1 Å². The molecule has 0 bridgehead atoms. The van der Waals surface area contributed by atoms with E-state index in [4.69, 9.17) is 18.9 Å². The smallest absolute Gasteiger partial charge is 0.417 e. The molecule has 2 aromatic rings. The van der Waals surface area contributed by atoms with Gasteiger partial charge < -0.3 is 23.8 Å². The number of hydrogen-bond donors (Lipinski definition) is 0. The predicted octanol–water partition coefficient (Wildman–Crippen LogP) is 5.19. The van der Waals surface area contributed by atoms with Gasteiger partial charge >= 0.3 is 12.1 Å². The summed E-state index contributed by atoms with van der Waals surface area (Å²) in [6, 6.07) is 14.8. The minimum absolute atomic E-state index is 0.0395. The number of benzene rings is 2. The lowest BCUT2D eigenvalue weighted by atomic mass is 9.83. The molecular weight excluding hydrogens is 679 g/mol. The molecule has 2 aliphatic rings. The number of ether oxygens (including phenoxy) is 4. The number of fused-ring (bicyclic) bond motifs is 1. The van der Waals surface area contributed by atoms with E-state index in [0.717, 1.165) is 16.7 Å². The summed E-state index contributed by atoms with van der Waals surface area (Å²) in [5, 5.41) is 0. The molecule has 0 aromatic heterocycles. The van der Waals surface area contributed by atoms with Crippen molar-refractivity contribution in [3.8, 4) is 5.75 Å². The summed E-state index contributed by atoms with van der Waals surface area (Å²) < 4.78 is 22.2. The quantitative estimate of drug-likeness (QED) is 0.115. The van der Waals surface area contributed by atoms with E-state index in [1.807, 2.05) is 6.07 Å². The Morgan fingerprint density at radius 3 is 2.32 bits per heavy atom. The second-order valence-electron chi connectivity index (χ2n) is 11.6. The van der Waals surface area contributed by atoms with Crippen molar-refractivity contribution in [2.24, 2.45) is 5.92 Å². The van der Waals surface area contributed by atoms with Gasteiger partial charge in [-0.25, -0.2) is 9.69 Å². The molecule has 2 fully saturated rings. The fraction of sp³-hybridized carbons (Fsp3) is 0.394. The predicted molar refractivity (Wildman–Crippen MR) is 171 cm³/mol. The Hall–Kier alpha value is -3.71. The fourth-order valence-corrected chi connectivity index (χ4v) is 6.77. The number of carbonyl (C=O) groups is 4. The molecule has 0 aliphatic carbocycles. The summed E-state index contributed by atoms with van der Waals surface area (Å²) >= 11 is 2.13. The van der Waals surface area contributed by atoms with E-state index in [9.17, 15) is 19.2 Å². The molecule has 2 aromatic carbocycles. The molecule has 0 radical (unpaired) electrons. The molecular formula is C33H37IN2O8. The van der Waals surface area contributed by atoms with Crippen LogP contribution in [0.25, 0.3) is 0 Å². The van der Waals surface area contributed by atoms with Gasteiger partial charge in [0.25, 0.3) is 5.91 Å². The Morgan fingerprint density at radius 2 is 1.75 bits per heavy atom. The molecule has 4 rings (SSSR count). The number of imide groups is 1. The first kappa shape index (κ1) is 33.2. The number of nitrogens with zero attached hydrogens (tertiary/aromatic N) is 2. The molecule has 0 spiro atoms. The summed E-state index contributed by atoms with van der Waals surface area (Å²) in [6.07, 6.45) is 2.70. The second-order valence-corrected chi connectivity index (χ2v) is 13.1. The van der Waals surface area contributed by atoms with E-state index in [1.54, 1.807) is 82.5 Å². The molecule has 5 atom stereocenters. The van der Waals surface area contributed by atoms with Crippen molar-refractivity contribution in [2.75, 3.05) is 7.11 Å². The minimum atomic E-state index is -1.60. The van der Waals surface area contributed by atoms with Crippen LogP contribution in [-0.2, 0) is 41.7 Å². The number of halogens is 1. The topological polar surface area (TPSA) is 112 Å². The highest BCUT2D eigenvalue weighted by Gasteiger charge is 2.69. The van der Waals surface area contributed by atoms with Crippen LogP contribution in [0, 0.1) is 5.92 Å². The zero-order valence-corrected chi connectivity index (χ0v) is 27.6. The summed E-state index contributed by atoms with van der Waals surface area (Å²) in [5.74, 6) is -1.86. The monoisotopic (exact) mass is 716 g/mol. The van der Waals surface area contributed by atoms with Crippen LogP contribution in [-0.4, -0.2) is 68.1 Å². The largest absolute Gasteiger partial charge is 0.497 e. The van der Waals surface area contributed by atoms with Gasteiger partial charge in [-0.3, -0.25) is 14.4 Å². The van der Waals surface area contributed by atoms with Gasteiger partial charge in [0.05, 0.1) is 35.9 Å². The number of methoxy groups -OCH3 is 1. The van der Waals surface area contributed by atoms with Crippen molar-refractivity contribution >= 4 is 46.5 Å². The van der Waals surface area contributed by atoms with E-state index >= 15 is 0 Å². The van der Waals surface area contributed by atoms with Crippen molar-refractivity contribution in [1.29, 1.82) is 0 Å². The van der Waals surface area contributed by atoms with Crippen LogP contribution in [0.1, 0.15) is 38.8 Å². The van der Waals surface area contributed by atoms with Crippen molar-refractivity contribution in [3.05, 3.63) is 90.7 Å². The lowest BCUT2D eigenvalue weighted by Gasteiger charge is -2.37. The zero-order chi connectivity index (χ0) is 32.2. The molecule has 44 heavy (non-hydrogen) atoms. The van der Waals surface area contributed by atoms with E-state index in [0.29, 0.717) is 11.3 Å². The Labute approximate surface area is 271 Å². The summed E-state index contributed by atoms with van der Waals surface area (Å²) in [6.45, 7) is 10.2. The van der Waals surface area contributed by atoms with Gasteiger partial charge in [0.2, 0.25) is 5.91 Å². The first-order valence-electron chi connectivity index (χ1n) is 14.1. The molecule has 2 heterocycles. The maximum Gasteiger partial charge on any atom is 0.417 e. The lowest BCUT2D eigenvalue weighted by Crippen LogP contribution is -2.57. The van der Waals surface area contributed by atoms with Gasteiger partial charge in [-0.2, -0.15) is 0 Å². The molecule has 2 saturated heterocycles. The standard InChI is InChI=1S/C33H37IN2O8/c1-7-25-27(34)26-29(38)35(19-23-13-15-24(41-6)16-14-23)28(33(26,43-25)17-18-42-21(2)37)30(39)36(31(40)44-32(3,4)5)20-22-11-9-8-10-12-22/h7-18,25-28H,1,19-20H2,2-6H3/t25-,26+,27-,28-,33+/m0/s1. The van der Waals surface area contributed by atoms with Gasteiger partial charge in [0.1, 0.15) is 23.0 Å². The lowest BCUT2D eigenvalue weighted by molar-refractivity contribution is -0.147. The third-order valence-electron chi connectivity index (χ3n) is 7.35. The van der Waals surface area contributed by atoms with E-state index < -0.39 is 51.2 Å². The third-order valence-corrected chi connectivity index (χ3v) is 8.78. The van der Waals surface area contributed by atoms with Crippen LogP contribution in [0.4, 0.5) is 4.79 Å². The maximum absolute atomic E-state index is 14.8. The van der Waals surface area contributed by atoms with Crippen LogP contribution in [0.3, 0.4) is 0 Å². The number of alkyl halides is 1. The van der Waals surface area contributed by atoms with Gasteiger partial charge in [0, 0.05) is 13.5 Å². The van der Waals surface area contributed by atoms with Crippen LogP contribution in [0.2, 0.25) is 0 Å². The highest BCUT2D eigenvalue weighted by molar-refractivity contribution is 14.1. The van der Waals surface area contributed by atoms with Crippen molar-refractivity contribution in [1.82, 2.24) is 9.80 Å². The highest BCUT2D eigenvalue weighted by Crippen LogP contribution is 2.52. The van der Waals surface area contributed by atoms with Crippen molar-refractivity contribution in [2.45, 2.75) is 68.1 Å². The van der Waals surface area contributed by atoms with E-state index in [2.05, 4.69) is 29.2 Å². The molecule has 3 amide bonds. The first-order chi connectivity index (χ1) is 20.8. The maximum atomic E-state index is 14.8. The van der Waals surface area contributed by atoms with Crippen LogP contribution in [0.15, 0.2) is 79.6 Å². The average Bonchev–Trinajstić information content (AvgIpc) is 3.38. The van der Waals surface area contributed by atoms with Crippen molar-refractivity contribution in [3.63, 3.8) is 0 Å². The van der Waals surface area contributed by atoms with Crippen molar-refractivity contribution < 1.29 is 38.1 Å². The summed E-state index contributed by atoms with van der Waals surface area (Å²) in [5.41, 5.74) is -1.09. The molecule has 0 N–H and O–H groups in total. The molecule has 2 aliphatic heterocycles. The first-order valence-corrected chi connectivity index (χ1v) is 15.4. The molecule has 234 valence electrons. The average molecular weight is 717 g/mol. The fourth-order valence-electron chi connectivity index (χ4n) is 5.46. The van der Waals surface area contributed by atoms with Gasteiger partial charge in [-0.05, 0) is 50.1 Å². The van der Waals surface area contributed by atoms with Gasteiger partial charge in [-0.15, -0.1) is 6.58 Å². The Kier molecular flexibility index (Phi) is 10.2. The summed E-state index contributed by atoms with van der Waals surface area (Å²) in [4.78, 5) is 57.0. The number of likely N-dealkylation sites (tertiary alicyclic amines) is 1. The molecule has 0 unspecified atom stereocenters. The highest BCUT2D eigenvalue weighted by atomic mass is 127. The second kappa shape index (κ2) is 13.5. The Bertz CT molecular complexity index is 1420. The molecule has 11 heteroatoms. The number of carbonyl (C=O) groups excluding carboxylic acids is 4. The molecule has 0 saturated carbocycles. The number of hydrogen-bond acceptors (Lipinski definition) is 8. The zero-order valence-electron chi connectivity index (χ0n) is 25.4. The SMILES string of the molecule is C=C[C@@H]1O[C@@]2(C=COC(C)=O)[C@H](C(=O)N(Cc3ccccc3)C(=O)OC(C)(C)C)N(Cc3ccc(OC)cc3)C(=O)[C@H]2[C@H]1I. The molecule has 10 nitrogen and oxygen atoms in total. The number of rotatable bonds is 9. The Morgan fingerprint density at radius 1 is 1.09 bits per heavy atom. The third kappa shape index (κ3) is 6.99.